The van der Waals surface area contributed by atoms with Crippen molar-refractivity contribution >= 4 is 22.0 Å². The molecule has 0 amide bonds. The monoisotopic (exact) mass is 279 g/mol. The Morgan fingerprint density at radius 3 is 2.28 bits per heavy atom. The molecule has 0 aromatic heterocycles. The highest BCUT2D eigenvalue weighted by Crippen LogP contribution is 2.24. The number of methoxy groups -OCH3 is 1. The summed E-state index contributed by atoms with van der Waals surface area (Å²) in [4.78, 5) is 21.6. The number of hydrogen-bond acceptors (Lipinski definition) is 5. The maximum Gasteiger partial charge on any atom is 0.322 e. The third-order valence-electron chi connectivity index (χ3n) is 2.96. The van der Waals surface area contributed by atoms with Crippen LogP contribution in [0.3, 0.4) is 0 Å². The number of carboxylic acid groups (broad SMARTS) is 1. The molecule has 0 aromatic carbocycles. The lowest BCUT2D eigenvalue weighted by Crippen LogP contribution is -2.41. The van der Waals surface area contributed by atoms with Crippen molar-refractivity contribution in [2.75, 3.05) is 12.9 Å². The van der Waals surface area contributed by atoms with Crippen LogP contribution in [-0.2, 0) is 24.3 Å². The molecule has 104 valence electrons. The molecule has 1 aliphatic rings. The predicted octanol–water partition coefficient (Wildman–Crippen LogP) is -0.278. The number of ether oxygens (including phenoxy) is 1. The minimum atomic E-state index is -3.70. The minimum Gasteiger partial charge on any atom is -0.481 e. The summed E-state index contributed by atoms with van der Waals surface area (Å²) in [6.07, 6.45) is 1.83. The van der Waals surface area contributed by atoms with Crippen molar-refractivity contribution in [1.29, 1.82) is 0 Å². The van der Waals surface area contributed by atoms with Gasteiger partial charge in [-0.25, -0.2) is 13.1 Å². The fraction of sp³-hybridized carbons (Fsp3) is 0.800. The van der Waals surface area contributed by atoms with Crippen molar-refractivity contribution in [3.8, 4) is 0 Å². The second-order valence-electron chi connectivity index (χ2n) is 4.34. The van der Waals surface area contributed by atoms with Gasteiger partial charge in [0.1, 0.15) is 0 Å². The first-order chi connectivity index (χ1) is 8.34. The molecule has 0 radical (unpaired) electrons. The normalized spacial score (nSPS) is 24.5. The average Bonchev–Trinajstić information content (AvgIpc) is 2.28. The van der Waals surface area contributed by atoms with Crippen LogP contribution in [0.4, 0.5) is 0 Å². The van der Waals surface area contributed by atoms with Crippen LogP contribution < -0.4 is 4.72 Å². The smallest absolute Gasteiger partial charge is 0.322 e. The molecule has 0 saturated heterocycles. The maximum atomic E-state index is 11.6. The Kier molecular flexibility index (Phi) is 5.09. The molecular weight excluding hydrogens is 262 g/mol. The zero-order valence-corrected chi connectivity index (χ0v) is 10.9. The minimum absolute atomic E-state index is 0.296. The van der Waals surface area contributed by atoms with Gasteiger partial charge in [-0.2, -0.15) is 0 Å². The number of esters is 1. The number of hydrogen-bond donors (Lipinski definition) is 2. The number of carboxylic acids is 1. The summed E-state index contributed by atoms with van der Waals surface area (Å²) in [5.74, 6) is -2.76. The number of sulfonamides is 1. The van der Waals surface area contributed by atoms with Crippen molar-refractivity contribution in [2.24, 2.45) is 5.92 Å². The topological polar surface area (TPSA) is 110 Å². The first-order valence-corrected chi connectivity index (χ1v) is 7.29. The van der Waals surface area contributed by atoms with Gasteiger partial charge >= 0.3 is 11.9 Å². The molecule has 1 fully saturated rings. The summed E-state index contributed by atoms with van der Waals surface area (Å²) in [6, 6.07) is -0.296. The Morgan fingerprint density at radius 2 is 1.83 bits per heavy atom. The number of carbonyl (C=O) groups excluding carboxylic acids is 1. The molecule has 0 bridgehead atoms. The van der Waals surface area contributed by atoms with Gasteiger partial charge < -0.3 is 9.84 Å². The molecule has 0 spiro atoms. The largest absolute Gasteiger partial charge is 0.481 e. The first-order valence-electron chi connectivity index (χ1n) is 5.63. The third-order valence-corrected chi connectivity index (χ3v) is 4.27. The molecule has 1 aliphatic carbocycles. The van der Waals surface area contributed by atoms with Crippen LogP contribution in [0.2, 0.25) is 0 Å². The second-order valence-corrected chi connectivity index (χ2v) is 6.09. The molecule has 0 atom stereocenters. The lowest BCUT2D eigenvalue weighted by atomic mass is 9.87. The highest BCUT2D eigenvalue weighted by Gasteiger charge is 2.29. The number of carbonyl (C=O) groups is 2. The zero-order chi connectivity index (χ0) is 13.8. The molecule has 0 aromatic rings. The zero-order valence-electron chi connectivity index (χ0n) is 10.1. The van der Waals surface area contributed by atoms with E-state index in [1.165, 1.54) is 0 Å². The average molecular weight is 279 g/mol. The molecule has 0 heterocycles. The molecule has 2 N–H and O–H groups in total. The van der Waals surface area contributed by atoms with Crippen molar-refractivity contribution < 1.29 is 27.9 Å². The first kappa shape index (κ1) is 14.9. The molecule has 1 rings (SSSR count). The van der Waals surface area contributed by atoms with E-state index in [-0.39, 0.29) is 6.04 Å². The lowest BCUT2D eigenvalue weighted by molar-refractivity contribution is -0.143. The predicted molar refractivity (Wildman–Crippen MR) is 62.3 cm³/mol. The van der Waals surface area contributed by atoms with E-state index in [0.29, 0.717) is 25.7 Å². The van der Waals surface area contributed by atoms with Gasteiger partial charge in [0.05, 0.1) is 13.0 Å². The Balaban J connectivity index is 2.45. The van der Waals surface area contributed by atoms with Crippen LogP contribution in [0.1, 0.15) is 25.7 Å². The molecular formula is C10H17NO6S. The van der Waals surface area contributed by atoms with Gasteiger partial charge in [0.25, 0.3) is 0 Å². The van der Waals surface area contributed by atoms with Gasteiger partial charge in [0.2, 0.25) is 10.0 Å². The fourth-order valence-corrected chi connectivity index (χ4v) is 3.22. The van der Waals surface area contributed by atoms with E-state index < -0.39 is 33.6 Å². The number of rotatable bonds is 5. The Morgan fingerprint density at radius 1 is 1.28 bits per heavy atom. The molecule has 1 saturated carbocycles. The van der Waals surface area contributed by atoms with E-state index in [9.17, 15) is 18.0 Å². The van der Waals surface area contributed by atoms with E-state index in [1.807, 2.05) is 0 Å². The van der Waals surface area contributed by atoms with Crippen LogP contribution in [0, 0.1) is 5.92 Å². The Bertz CT molecular complexity index is 410. The number of nitrogens with one attached hydrogen (secondary N) is 1. The van der Waals surface area contributed by atoms with E-state index in [0.717, 1.165) is 7.11 Å². The quantitative estimate of drug-likeness (QED) is 0.670. The van der Waals surface area contributed by atoms with Crippen LogP contribution in [0.15, 0.2) is 0 Å². The van der Waals surface area contributed by atoms with Gasteiger partial charge in [0, 0.05) is 6.04 Å². The van der Waals surface area contributed by atoms with Crippen LogP contribution in [-0.4, -0.2) is 44.4 Å². The van der Waals surface area contributed by atoms with Crippen LogP contribution in [0.25, 0.3) is 0 Å². The van der Waals surface area contributed by atoms with Crippen molar-refractivity contribution in [3.05, 3.63) is 0 Å². The highest BCUT2D eigenvalue weighted by molar-refractivity contribution is 7.90. The molecule has 8 heteroatoms. The standard InChI is InChI=1S/C10H17NO6S/c1-17-9(12)6-18(15,16)11-8-4-2-7(3-5-8)10(13)14/h7-8,11H,2-6H2,1H3,(H,13,14). The van der Waals surface area contributed by atoms with Gasteiger partial charge in [0.15, 0.2) is 5.75 Å². The summed E-state index contributed by atoms with van der Waals surface area (Å²) in [5, 5.41) is 8.81. The lowest BCUT2D eigenvalue weighted by Gasteiger charge is -2.26. The molecule has 0 unspecified atom stereocenters. The van der Waals surface area contributed by atoms with Crippen molar-refractivity contribution in [2.45, 2.75) is 31.7 Å². The molecule has 18 heavy (non-hydrogen) atoms. The van der Waals surface area contributed by atoms with Gasteiger partial charge in [-0.3, -0.25) is 9.59 Å². The van der Waals surface area contributed by atoms with Crippen LogP contribution >= 0.6 is 0 Å². The van der Waals surface area contributed by atoms with E-state index in [2.05, 4.69) is 9.46 Å². The van der Waals surface area contributed by atoms with E-state index >= 15 is 0 Å². The summed E-state index contributed by atoms with van der Waals surface area (Å²) >= 11 is 0. The highest BCUT2D eigenvalue weighted by atomic mass is 32.2. The Labute approximate surface area is 106 Å². The van der Waals surface area contributed by atoms with E-state index in [4.69, 9.17) is 5.11 Å². The second kappa shape index (κ2) is 6.14. The van der Waals surface area contributed by atoms with Crippen molar-refractivity contribution in [1.82, 2.24) is 4.72 Å². The van der Waals surface area contributed by atoms with Crippen molar-refractivity contribution in [3.63, 3.8) is 0 Å². The molecule has 7 nitrogen and oxygen atoms in total. The SMILES string of the molecule is COC(=O)CS(=O)(=O)NC1CCC(C(=O)O)CC1. The summed E-state index contributed by atoms with van der Waals surface area (Å²) < 4.78 is 29.8. The number of aliphatic carboxylic acids is 1. The van der Waals surface area contributed by atoms with Gasteiger partial charge in [-0.1, -0.05) is 0 Å². The van der Waals surface area contributed by atoms with Gasteiger partial charge in [-0.15, -0.1) is 0 Å². The summed E-state index contributed by atoms with van der Waals surface area (Å²) in [6.45, 7) is 0. The summed E-state index contributed by atoms with van der Waals surface area (Å²) in [5.41, 5.74) is 0. The van der Waals surface area contributed by atoms with Crippen LogP contribution in [0.5, 0.6) is 0 Å². The van der Waals surface area contributed by atoms with Gasteiger partial charge in [-0.05, 0) is 25.7 Å². The third kappa shape index (κ3) is 4.61. The summed E-state index contributed by atoms with van der Waals surface area (Å²) in [7, 11) is -2.58. The Hall–Kier alpha value is -1.15. The molecule has 0 aliphatic heterocycles. The maximum absolute atomic E-state index is 11.6. The van der Waals surface area contributed by atoms with E-state index in [1.54, 1.807) is 0 Å². The fourth-order valence-electron chi connectivity index (χ4n) is 1.97.